The molecule has 0 bridgehead atoms. The number of hydrogen-bond acceptors (Lipinski definition) is 3. The van der Waals surface area contributed by atoms with Crippen molar-refractivity contribution >= 4 is 0 Å². The molecule has 0 aromatic heterocycles. The van der Waals surface area contributed by atoms with Gasteiger partial charge in [-0.2, -0.15) is 0 Å². The van der Waals surface area contributed by atoms with Crippen LogP contribution in [0.3, 0.4) is 0 Å². The Morgan fingerprint density at radius 3 is 2.57 bits per heavy atom. The van der Waals surface area contributed by atoms with Gasteiger partial charge in [-0.3, -0.25) is 11.3 Å². The van der Waals surface area contributed by atoms with Gasteiger partial charge < -0.3 is 4.90 Å². The van der Waals surface area contributed by atoms with Gasteiger partial charge in [-0.1, -0.05) is 18.2 Å². The van der Waals surface area contributed by atoms with Crippen LogP contribution in [0.15, 0.2) is 24.3 Å². The predicted molar refractivity (Wildman–Crippen MR) is 55.0 cm³/mol. The van der Waals surface area contributed by atoms with E-state index in [4.69, 9.17) is 5.84 Å². The molecule has 0 spiro atoms. The molecule has 1 aromatic carbocycles. The van der Waals surface area contributed by atoms with Crippen LogP contribution in [0.4, 0.5) is 4.39 Å². The van der Waals surface area contributed by atoms with Gasteiger partial charge in [0.05, 0.1) is 6.04 Å². The number of nitrogens with one attached hydrogen (secondary N) is 1. The zero-order valence-corrected chi connectivity index (χ0v) is 8.50. The molecule has 0 aliphatic heterocycles. The summed E-state index contributed by atoms with van der Waals surface area (Å²) in [5, 5.41) is 0. The average Bonchev–Trinajstić information content (AvgIpc) is 2.15. The van der Waals surface area contributed by atoms with E-state index in [2.05, 4.69) is 5.43 Å². The van der Waals surface area contributed by atoms with Gasteiger partial charge >= 0.3 is 0 Å². The number of hydrazine groups is 1. The van der Waals surface area contributed by atoms with Crippen molar-refractivity contribution in [1.29, 1.82) is 0 Å². The van der Waals surface area contributed by atoms with Crippen molar-refractivity contribution in [1.82, 2.24) is 10.3 Å². The molecule has 1 unspecified atom stereocenters. The maximum Gasteiger partial charge on any atom is 0.128 e. The molecule has 0 heterocycles. The fraction of sp³-hybridized carbons (Fsp3) is 0.400. The molecule has 14 heavy (non-hydrogen) atoms. The molecule has 0 fully saturated rings. The molecule has 1 atom stereocenters. The van der Waals surface area contributed by atoms with Crippen LogP contribution in [0.1, 0.15) is 11.6 Å². The number of nitrogens with zero attached hydrogens (tertiary/aromatic N) is 1. The quantitative estimate of drug-likeness (QED) is 0.556. The second kappa shape index (κ2) is 5.05. The highest BCUT2D eigenvalue weighted by molar-refractivity contribution is 5.21. The fourth-order valence-corrected chi connectivity index (χ4v) is 1.36. The summed E-state index contributed by atoms with van der Waals surface area (Å²) in [7, 11) is 3.84. The SMILES string of the molecule is CN(C)CC(NN)c1ccccc1F. The summed E-state index contributed by atoms with van der Waals surface area (Å²) in [6.07, 6.45) is 0. The number of halogens is 1. The summed E-state index contributed by atoms with van der Waals surface area (Å²) in [4.78, 5) is 1.96. The van der Waals surface area contributed by atoms with Crippen LogP contribution in [-0.4, -0.2) is 25.5 Å². The molecule has 0 saturated heterocycles. The van der Waals surface area contributed by atoms with Crippen molar-refractivity contribution in [2.75, 3.05) is 20.6 Å². The smallest absolute Gasteiger partial charge is 0.128 e. The molecule has 1 rings (SSSR count). The molecule has 0 aliphatic rings. The van der Waals surface area contributed by atoms with Crippen LogP contribution in [0.25, 0.3) is 0 Å². The van der Waals surface area contributed by atoms with Gasteiger partial charge in [0.15, 0.2) is 0 Å². The molecule has 0 radical (unpaired) electrons. The molecule has 78 valence electrons. The van der Waals surface area contributed by atoms with E-state index < -0.39 is 0 Å². The lowest BCUT2D eigenvalue weighted by Crippen LogP contribution is -2.35. The highest BCUT2D eigenvalue weighted by atomic mass is 19.1. The topological polar surface area (TPSA) is 41.3 Å². The minimum Gasteiger partial charge on any atom is -0.307 e. The van der Waals surface area contributed by atoms with Crippen LogP contribution in [0, 0.1) is 5.82 Å². The van der Waals surface area contributed by atoms with Gasteiger partial charge in [-0.05, 0) is 20.2 Å². The number of likely N-dealkylation sites (N-methyl/N-ethyl adjacent to an activating group) is 1. The van der Waals surface area contributed by atoms with Crippen LogP contribution in [0.2, 0.25) is 0 Å². The van der Waals surface area contributed by atoms with Gasteiger partial charge in [-0.15, -0.1) is 0 Å². The van der Waals surface area contributed by atoms with Crippen molar-refractivity contribution in [2.45, 2.75) is 6.04 Å². The Kier molecular flexibility index (Phi) is 4.00. The predicted octanol–water partition coefficient (Wildman–Crippen LogP) is 0.892. The Labute approximate surface area is 83.7 Å². The van der Waals surface area contributed by atoms with Crippen molar-refractivity contribution in [3.8, 4) is 0 Å². The van der Waals surface area contributed by atoms with Crippen LogP contribution >= 0.6 is 0 Å². The molecule has 0 aliphatic carbocycles. The first-order chi connectivity index (χ1) is 6.65. The molecular formula is C10H16FN3. The minimum absolute atomic E-state index is 0.175. The maximum atomic E-state index is 13.4. The van der Waals surface area contributed by atoms with Gasteiger partial charge in [0, 0.05) is 12.1 Å². The number of nitrogens with two attached hydrogens (primary N) is 1. The summed E-state index contributed by atoms with van der Waals surface area (Å²) in [5.74, 6) is 5.15. The fourth-order valence-electron chi connectivity index (χ4n) is 1.36. The molecular weight excluding hydrogens is 181 g/mol. The van der Waals surface area contributed by atoms with E-state index in [1.807, 2.05) is 19.0 Å². The number of hydrogen-bond donors (Lipinski definition) is 2. The zero-order chi connectivity index (χ0) is 10.6. The summed E-state index contributed by atoms with van der Waals surface area (Å²) in [6.45, 7) is 0.664. The molecule has 3 N–H and O–H groups in total. The van der Waals surface area contributed by atoms with E-state index >= 15 is 0 Å². The van der Waals surface area contributed by atoms with Crippen molar-refractivity contribution in [3.05, 3.63) is 35.6 Å². The zero-order valence-electron chi connectivity index (χ0n) is 8.50. The van der Waals surface area contributed by atoms with Gasteiger partial charge in [0.2, 0.25) is 0 Å². The van der Waals surface area contributed by atoms with E-state index in [0.717, 1.165) is 0 Å². The second-order valence-corrected chi connectivity index (χ2v) is 3.50. The van der Waals surface area contributed by atoms with E-state index in [0.29, 0.717) is 12.1 Å². The van der Waals surface area contributed by atoms with Crippen LogP contribution in [-0.2, 0) is 0 Å². The monoisotopic (exact) mass is 197 g/mol. The van der Waals surface area contributed by atoms with Gasteiger partial charge in [0.1, 0.15) is 5.82 Å². The lowest BCUT2D eigenvalue weighted by atomic mass is 10.1. The van der Waals surface area contributed by atoms with E-state index in [-0.39, 0.29) is 11.9 Å². The summed E-state index contributed by atoms with van der Waals surface area (Å²) in [6, 6.07) is 6.48. The average molecular weight is 197 g/mol. The molecule has 1 aromatic rings. The Hall–Kier alpha value is -0.970. The largest absolute Gasteiger partial charge is 0.307 e. The van der Waals surface area contributed by atoms with Crippen molar-refractivity contribution in [3.63, 3.8) is 0 Å². The number of benzene rings is 1. The minimum atomic E-state index is -0.225. The Balaban J connectivity index is 2.83. The summed E-state index contributed by atoms with van der Waals surface area (Å²) >= 11 is 0. The van der Waals surface area contributed by atoms with Gasteiger partial charge in [-0.25, -0.2) is 4.39 Å². The third kappa shape index (κ3) is 2.77. The Morgan fingerprint density at radius 1 is 1.43 bits per heavy atom. The highest BCUT2D eigenvalue weighted by Gasteiger charge is 2.13. The normalized spacial score (nSPS) is 13.2. The summed E-state index contributed by atoms with van der Waals surface area (Å²) < 4.78 is 13.4. The Morgan fingerprint density at radius 2 is 2.07 bits per heavy atom. The molecule has 3 nitrogen and oxygen atoms in total. The second-order valence-electron chi connectivity index (χ2n) is 3.50. The third-order valence-corrected chi connectivity index (χ3v) is 2.03. The first-order valence-electron chi connectivity index (χ1n) is 4.50. The van der Waals surface area contributed by atoms with Crippen LogP contribution in [0.5, 0.6) is 0 Å². The van der Waals surface area contributed by atoms with Crippen molar-refractivity contribution < 1.29 is 4.39 Å². The van der Waals surface area contributed by atoms with Gasteiger partial charge in [0.25, 0.3) is 0 Å². The first kappa shape index (κ1) is 11.1. The third-order valence-electron chi connectivity index (χ3n) is 2.03. The standard InChI is InChI=1S/C10H16FN3/c1-14(2)7-10(13-12)8-5-3-4-6-9(8)11/h3-6,10,13H,7,12H2,1-2H3. The lowest BCUT2D eigenvalue weighted by molar-refractivity contribution is 0.339. The van der Waals surface area contributed by atoms with E-state index in [1.54, 1.807) is 18.2 Å². The highest BCUT2D eigenvalue weighted by Crippen LogP contribution is 2.16. The van der Waals surface area contributed by atoms with Crippen molar-refractivity contribution in [2.24, 2.45) is 5.84 Å². The summed E-state index contributed by atoms with van der Waals surface area (Å²) in [5.41, 5.74) is 3.21. The molecule has 4 heteroatoms. The van der Waals surface area contributed by atoms with E-state index in [1.165, 1.54) is 6.07 Å². The van der Waals surface area contributed by atoms with E-state index in [9.17, 15) is 4.39 Å². The Bertz CT molecular complexity index is 288. The molecule has 0 amide bonds. The molecule has 0 saturated carbocycles. The van der Waals surface area contributed by atoms with Crippen LogP contribution < -0.4 is 11.3 Å². The maximum absolute atomic E-state index is 13.4. The lowest BCUT2D eigenvalue weighted by Gasteiger charge is -2.20. The number of rotatable bonds is 4. The first-order valence-corrected chi connectivity index (χ1v) is 4.50.